The molecule has 0 saturated carbocycles. The quantitative estimate of drug-likeness (QED) is 0.289. The highest BCUT2D eigenvalue weighted by atomic mass is 35.5. The first kappa shape index (κ1) is 23.3. The van der Waals surface area contributed by atoms with Crippen molar-refractivity contribution in [3.8, 4) is 22.4 Å². The van der Waals surface area contributed by atoms with E-state index in [4.69, 9.17) is 17.3 Å². The molecule has 0 atom stereocenters. The summed E-state index contributed by atoms with van der Waals surface area (Å²) in [6, 6.07) is 11.0. The zero-order valence-electron chi connectivity index (χ0n) is 19.7. The highest BCUT2D eigenvalue weighted by molar-refractivity contribution is 6.33. The maximum Gasteiger partial charge on any atom is 0.305 e. The molecule has 10 nitrogen and oxygen atoms in total. The number of aliphatic carboxylic acids is 1. The van der Waals surface area contributed by atoms with E-state index < -0.39 is 5.97 Å². The Morgan fingerprint density at radius 1 is 1.25 bits per heavy atom. The predicted molar refractivity (Wildman–Crippen MR) is 138 cm³/mol. The molecule has 4 aromatic heterocycles. The number of hydrogen-bond donors (Lipinski definition) is 3. The zero-order chi connectivity index (χ0) is 25.4. The Hall–Kier alpha value is -4.44. The van der Waals surface area contributed by atoms with Crippen LogP contribution in [0.1, 0.15) is 6.42 Å². The first-order chi connectivity index (χ1) is 17.3. The Kier molecular flexibility index (Phi) is 6.03. The van der Waals surface area contributed by atoms with Gasteiger partial charge < -0.3 is 20.7 Å². The van der Waals surface area contributed by atoms with Crippen LogP contribution < -0.4 is 15.3 Å². The second kappa shape index (κ2) is 9.31. The summed E-state index contributed by atoms with van der Waals surface area (Å²) < 4.78 is 3.96. The second-order valence-electron chi connectivity index (χ2n) is 8.40. The number of carboxylic acids is 1. The number of H-pyrrole nitrogens is 1. The van der Waals surface area contributed by atoms with Crippen LogP contribution in [0.4, 0.5) is 17.5 Å². The molecule has 182 valence electrons. The van der Waals surface area contributed by atoms with Gasteiger partial charge in [0.15, 0.2) is 7.05 Å². The van der Waals surface area contributed by atoms with Crippen molar-refractivity contribution in [3.05, 3.63) is 66.2 Å². The van der Waals surface area contributed by atoms with Gasteiger partial charge in [0.05, 0.1) is 41.6 Å². The minimum atomic E-state index is -0.932. The Morgan fingerprint density at radius 2 is 2.06 bits per heavy atom. The molecule has 0 amide bonds. The van der Waals surface area contributed by atoms with E-state index in [9.17, 15) is 9.90 Å². The van der Waals surface area contributed by atoms with Crippen molar-refractivity contribution in [2.45, 2.75) is 6.42 Å². The summed E-state index contributed by atoms with van der Waals surface area (Å²) in [5.41, 5.74) is 10.8. The van der Waals surface area contributed by atoms with Gasteiger partial charge in [0.25, 0.3) is 0 Å². The minimum absolute atomic E-state index is 0.0587. The van der Waals surface area contributed by atoms with Gasteiger partial charge in [-0.05, 0) is 18.2 Å². The van der Waals surface area contributed by atoms with Crippen molar-refractivity contribution in [3.63, 3.8) is 0 Å². The lowest BCUT2D eigenvalue weighted by molar-refractivity contribution is -0.751. The van der Waals surface area contributed by atoms with Crippen molar-refractivity contribution >= 4 is 46.1 Å². The minimum Gasteiger partial charge on any atom is -0.481 e. The van der Waals surface area contributed by atoms with Gasteiger partial charge in [-0.15, -0.1) is 4.68 Å². The second-order valence-corrected chi connectivity index (χ2v) is 8.81. The van der Waals surface area contributed by atoms with E-state index in [2.05, 4.69) is 26.0 Å². The number of rotatable bonds is 7. The number of pyridine rings is 1. The van der Waals surface area contributed by atoms with Gasteiger partial charge in [-0.3, -0.25) is 4.79 Å². The van der Waals surface area contributed by atoms with Crippen molar-refractivity contribution < 1.29 is 14.6 Å². The van der Waals surface area contributed by atoms with E-state index in [1.54, 1.807) is 17.0 Å². The van der Waals surface area contributed by atoms with Crippen LogP contribution in [0.2, 0.25) is 5.02 Å². The average molecular weight is 504 g/mol. The number of nitrogens with two attached hydrogens (primary N) is 1. The molecule has 0 unspecified atom stereocenters. The summed E-state index contributed by atoms with van der Waals surface area (Å²) in [7, 11) is 3.94. The molecular weight excluding hydrogens is 480 g/mol. The number of halogens is 1. The smallest absolute Gasteiger partial charge is 0.305 e. The van der Waals surface area contributed by atoms with Gasteiger partial charge in [0, 0.05) is 41.5 Å². The molecule has 5 rings (SSSR count). The molecule has 0 aliphatic carbocycles. The van der Waals surface area contributed by atoms with E-state index in [0.717, 1.165) is 22.1 Å². The molecule has 1 aromatic carbocycles. The molecule has 0 radical (unpaired) electrons. The molecule has 0 fully saturated rings. The summed E-state index contributed by atoms with van der Waals surface area (Å²) in [5.74, 6) is -0.428. The van der Waals surface area contributed by atoms with Crippen LogP contribution >= 0.6 is 11.6 Å². The number of aromatic nitrogens is 6. The largest absolute Gasteiger partial charge is 0.481 e. The van der Waals surface area contributed by atoms with Crippen molar-refractivity contribution in [2.75, 3.05) is 17.2 Å². The van der Waals surface area contributed by atoms with Crippen molar-refractivity contribution in [2.24, 2.45) is 14.1 Å². The lowest BCUT2D eigenvalue weighted by atomic mass is 10.1. The lowest BCUT2D eigenvalue weighted by Gasteiger charge is -2.24. The lowest BCUT2D eigenvalue weighted by Crippen LogP contribution is -2.35. The maximum absolute atomic E-state index is 11.4. The number of para-hydroxylation sites is 1. The fourth-order valence-corrected chi connectivity index (χ4v) is 4.34. The van der Waals surface area contributed by atoms with Gasteiger partial charge in [0.1, 0.15) is 11.5 Å². The number of carboxylic acid groups (broad SMARTS) is 1. The Balaban J connectivity index is 1.61. The first-order valence-electron chi connectivity index (χ1n) is 11.2. The number of nitrogen functional groups attached to an aromatic ring is 1. The predicted octanol–water partition coefficient (Wildman–Crippen LogP) is 3.70. The number of anilines is 3. The summed E-state index contributed by atoms with van der Waals surface area (Å²) in [5, 5.41) is 10.7. The van der Waals surface area contributed by atoms with Crippen LogP contribution in [0.3, 0.4) is 0 Å². The Bertz CT molecular complexity index is 1570. The summed E-state index contributed by atoms with van der Waals surface area (Å²) in [4.78, 5) is 29.8. The molecule has 4 heterocycles. The molecule has 36 heavy (non-hydrogen) atoms. The fraction of sp³-hybridized carbons (Fsp3) is 0.160. The normalized spacial score (nSPS) is 11.2. The summed E-state index contributed by atoms with van der Waals surface area (Å²) in [6.45, 7) is 0.152. The SMILES string of the molecule is Cn1cc(-c2cnc3[nH]cc(-c4cc(N(CCC(=O)O)c5ccccc5Cl)nc(N)n4)c3c2)c[n+]1C. The monoisotopic (exact) mass is 503 g/mol. The number of carbonyl (C=O) groups is 1. The van der Waals surface area contributed by atoms with Crippen LogP contribution in [0.25, 0.3) is 33.4 Å². The molecule has 11 heteroatoms. The number of aromatic amines is 1. The van der Waals surface area contributed by atoms with Crippen LogP contribution in [-0.2, 0) is 18.9 Å². The Morgan fingerprint density at radius 3 is 2.78 bits per heavy atom. The number of nitrogens with zero attached hydrogens (tertiary/aromatic N) is 6. The maximum atomic E-state index is 11.4. The van der Waals surface area contributed by atoms with Crippen LogP contribution in [0.5, 0.6) is 0 Å². The van der Waals surface area contributed by atoms with Gasteiger partial charge in [-0.25, -0.2) is 9.97 Å². The van der Waals surface area contributed by atoms with Gasteiger partial charge in [0.2, 0.25) is 12.1 Å². The molecule has 0 aliphatic rings. The number of fused-ring (bicyclic) bond motifs is 1. The zero-order valence-corrected chi connectivity index (χ0v) is 20.4. The van der Waals surface area contributed by atoms with Crippen LogP contribution in [-0.4, -0.2) is 42.2 Å². The van der Waals surface area contributed by atoms with E-state index in [0.29, 0.717) is 27.9 Å². The standard InChI is InChI=1S/C25H23ClN8O2/c1-32-13-16(14-33(32)2)15-9-17-18(12-29-24(17)28-11-15)20-10-22(31-25(27)30-20)34(8-7-23(35)36)21-6-4-3-5-19(21)26/h3-6,9-14H,7-8H2,1-2H3,(H3-,27,28,29,30,31,35,36)/p+1. The molecule has 4 N–H and O–H groups in total. The third-order valence-corrected chi connectivity index (χ3v) is 6.31. The fourth-order valence-electron chi connectivity index (χ4n) is 4.11. The molecular formula is C25H24ClN8O2+. The van der Waals surface area contributed by atoms with Gasteiger partial charge >= 0.3 is 5.97 Å². The number of benzene rings is 1. The van der Waals surface area contributed by atoms with Crippen molar-refractivity contribution in [1.82, 2.24) is 24.6 Å². The van der Waals surface area contributed by atoms with Gasteiger partial charge in [-0.1, -0.05) is 23.7 Å². The average Bonchev–Trinajstić information content (AvgIpc) is 3.42. The third-order valence-electron chi connectivity index (χ3n) is 5.99. The van der Waals surface area contributed by atoms with Crippen LogP contribution in [0, 0.1) is 0 Å². The van der Waals surface area contributed by atoms with Crippen LogP contribution in [0.15, 0.2) is 61.2 Å². The highest BCUT2D eigenvalue weighted by Gasteiger charge is 2.19. The summed E-state index contributed by atoms with van der Waals surface area (Å²) in [6.07, 6.45) is 7.59. The number of aryl methyl sites for hydroxylation is 2. The van der Waals surface area contributed by atoms with E-state index in [-0.39, 0.29) is 18.9 Å². The molecule has 0 bridgehead atoms. The van der Waals surface area contributed by atoms with Crippen molar-refractivity contribution in [1.29, 1.82) is 0 Å². The van der Waals surface area contributed by atoms with E-state index in [1.807, 2.05) is 66.4 Å². The van der Waals surface area contributed by atoms with E-state index >= 15 is 0 Å². The Labute approximate surface area is 211 Å². The first-order valence-corrected chi connectivity index (χ1v) is 11.6. The van der Waals surface area contributed by atoms with E-state index in [1.165, 1.54) is 0 Å². The molecule has 0 saturated heterocycles. The molecule has 0 aliphatic heterocycles. The molecule has 0 spiro atoms. The number of nitrogens with one attached hydrogen (secondary N) is 1. The topological polar surface area (TPSA) is 130 Å². The number of hydrogen-bond acceptors (Lipinski definition) is 6. The highest BCUT2D eigenvalue weighted by Crippen LogP contribution is 2.35. The van der Waals surface area contributed by atoms with Gasteiger partial charge in [-0.2, -0.15) is 9.67 Å². The summed E-state index contributed by atoms with van der Waals surface area (Å²) >= 11 is 6.45. The molecule has 5 aromatic rings. The third kappa shape index (κ3) is 4.46.